The summed E-state index contributed by atoms with van der Waals surface area (Å²) >= 11 is 5.82. The summed E-state index contributed by atoms with van der Waals surface area (Å²) in [4.78, 5) is 28.0. The Morgan fingerprint density at radius 1 is 1.00 bits per heavy atom. The molecule has 3 heterocycles. The van der Waals surface area contributed by atoms with Gasteiger partial charge in [-0.25, -0.2) is 4.79 Å². The SMILES string of the molecule is O=C(COc1ccc(Cl)cc1)N1CCN(C(=O)NCc2nnc3ccc(C(F)(F)F)cn23)CC1. The average Bonchev–Trinajstić information content (AvgIpc) is 3.24. The van der Waals surface area contributed by atoms with Crippen molar-refractivity contribution in [3.8, 4) is 5.75 Å². The maximum Gasteiger partial charge on any atom is 0.417 e. The highest BCUT2D eigenvalue weighted by molar-refractivity contribution is 6.30. The van der Waals surface area contributed by atoms with Crippen LogP contribution in [0.15, 0.2) is 42.6 Å². The molecular formula is C21H20ClF3N6O3. The van der Waals surface area contributed by atoms with Gasteiger partial charge in [-0.15, -0.1) is 10.2 Å². The minimum Gasteiger partial charge on any atom is -0.484 e. The number of nitrogens with one attached hydrogen (secondary N) is 1. The summed E-state index contributed by atoms with van der Waals surface area (Å²) in [7, 11) is 0. The maximum absolute atomic E-state index is 13.0. The molecule has 0 unspecified atom stereocenters. The quantitative estimate of drug-likeness (QED) is 0.586. The summed E-state index contributed by atoms with van der Waals surface area (Å²) < 4.78 is 45.6. The van der Waals surface area contributed by atoms with E-state index in [1.807, 2.05) is 0 Å². The lowest BCUT2D eigenvalue weighted by Crippen LogP contribution is -2.53. The number of carbonyl (C=O) groups is 2. The lowest BCUT2D eigenvalue weighted by molar-refractivity contribution is -0.138. The smallest absolute Gasteiger partial charge is 0.417 e. The zero-order valence-electron chi connectivity index (χ0n) is 17.8. The fourth-order valence-corrected chi connectivity index (χ4v) is 3.55. The van der Waals surface area contributed by atoms with E-state index in [9.17, 15) is 22.8 Å². The largest absolute Gasteiger partial charge is 0.484 e. The monoisotopic (exact) mass is 496 g/mol. The molecule has 1 aromatic carbocycles. The van der Waals surface area contributed by atoms with Crippen LogP contribution >= 0.6 is 11.6 Å². The highest BCUT2D eigenvalue weighted by atomic mass is 35.5. The fraction of sp³-hybridized carbons (Fsp3) is 0.333. The van der Waals surface area contributed by atoms with Gasteiger partial charge in [0.2, 0.25) is 0 Å². The van der Waals surface area contributed by atoms with Gasteiger partial charge in [0, 0.05) is 37.4 Å². The third-order valence-corrected chi connectivity index (χ3v) is 5.55. The van der Waals surface area contributed by atoms with Crippen LogP contribution in [0.2, 0.25) is 5.02 Å². The number of hydrogen-bond donors (Lipinski definition) is 1. The molecule has 0 saturated carbocycles. The van der Waals surface area contributed by atoms with Gasteiger partial charge in [0.1, 0.15) is 5.75 Å². The summed E-state index contributed by atoms with van der Waals surface area (Å²) in [6.45, 7) is 1.04. The van der Waals surface area contributed by atoms with Crippen molar-refractivity contribution >= 4 is 29.2 Å². The fourth-order valence-electron chi connectivity index (χ4n) is 3.42. The number of amides is 3. The number of carbonyl (C=O) groups excluding carboxylic acids is 2. The van der Waals surface area contributed by atoms with Gasteiger partial charge in [0.25, 0.3) is 5.91 Å². The Hall–Kier alpha value is -3.54. The van der Waals surface area contributed by atoms with Crippen molar-refractivity contribution in [3.05, 3.63) is 59.0 Å². The van der Waals surface area contributed by atoms with E-state index in [2.05, 4.69) is 15.5 Å². The minimum absolute atomic E-state index is 0.102. The number of fused-ring (bicyclic) bond motifs is 1. The Bertz CT molecular complexity index is 1180. The number of alkyl halides is 3. The van der Waals surface area contributed by atoms with Gasteiger partial charge in [0.15, 0.2) is 18.1 Å². The van der Waals surface area contributed by atoms with Gasteiger partial charge >= 0.3 is 12.2 Å². The number of pyridine rings is 1. The molecule has 1 aliphatic rings. The van der Waals surface area contributed by atoms with Crippen LogP contribution in [0, 0.1) is 0 Å². The molecular weight excluding hydrogens is 477 g/mol. The number of aromatic nitrogens is 3. The summed E-state index contributed by atoms with van der Waals surface area (Å²) in [6.07, 6.45) is -3.61. The Labute approximate surface area is 197 Å². The molecule has 3 aromatic rings. The van der Waals surface area contributed by atoms with Gasteiger partial charge in [-0.05, 0) is 36.4 Å². The normalized spacial score (nSPS) is 14.4. The molecule has 1 N–H and O–H groups in total. The first kappa shape index (κ1) is 23.6. The second-order valence-electron chi connectivity index (χ2n) is 7.53. The third kappa shape index (κ3) is 5.50. The molecule has 4 rings (SSSR count). The van der Waals surface area contributed by atoms with Gasteiger partial charge in [-0.3, -0.25) is 9.20 Å². The number of benzene rings is 1. The zero-order chi connectivity index (χ0) is 24.3. The van der Waals surface area contributed by atoms with Gasteiger partial charge in [0.05, 0.1) is 12.1 Å². The Morgan fingerprint density at radius 3 is 2.35 bits per heavy atom. The van der Waals surface area contributed by atoms with E-state index in [0.717, 1.165) is 12.3 Å². The average molecular weight is 497 g/mol. The molecule has 0 spiro atoms. The Kier molecular flexibility index (Phi) is 6.77. The number of urea groups is 1. The van der Waals surface area contributed by atoms with E-state index in [1.54, 1.807) is 29.2 Å². The first-order chi connectivity index (χ1) is 16.2. The summed E-state index contributed by atoms with van der Waals surface area (Å²) in [5, 5.41) is 10.9. The molecule has 0 aliphatic carbocycles. The van der Waals surface area contributed by atoms with Gasteiger partial charge < -0.3 is 19.9 Å². The van der Waals surface area contributed by atoms with E-state index >= 15 is 0 Å². The lowest BCUT2D eigenvalue weighted by atomic mass is 10.3. The van der Waals surface area contributed by atoms with Crippen LogP contribution < -0.4 is 10.1 Å². The molecule has 1 aliphatic heterocycles. The molecule has 1 fully saturated rings. The van der Waals surface area contributed by atoms with Crippen molar-refractivity contribution in [1.82, 2.24) is 29.7 Å². The predicted octanol–water partition coefficient (Wildman–Crippen LogP) is 2.83. The number of nitrogens with zero attached hydrogens (tertiary/aromatic N) is 5. The number of piperazine rings is 1. The summed E-state index contributed by atoms with van der Waals surface area (Å²) in [5.41, 5.74) is -0.599. The number of rotatable bonds is 5. The second kappa shape index (κ2) is 9.75. The highest BCUT2D eigenvalue weighted by Gasteiger charge is 2.31. The van der Waals surface area contributed by atoms with E-state index in [4.69, 9.17) is 16.3 Å². The molecule has 3 amide bonds. The number of ether oxygens (including phenoxy) is 1. The summed E-state index contributed by atoms with van der Waals surface area (Å²) in [6, 6.07) is 8.39. The molecule has 34 heavy (non-hydrogen) atoms. The van der Waals surface area contributed by atoms with Crippen molar-refractivity contribution in [2.45, 2.75) is 12.7 Å². The summed E-state index contributed by atoms with van der Waals surface area (Å²) in [5.74, 6) is 0.493. The van der Waals surface area contributed by atoms with Crippen molar-refractivity contribution in [2.24, 2.45) is 0 Å². The minimum atomic E-state index is -4.50. The second-order valence-corrected chi connectivity index (χ2v) is 7.97. The maximum atomic E-state index is 13.0. The van der Waals surface area contributed by atoms with Crippen LogP contribution in [0.5, 0.6) is 5.75 Å². The first-order valence-corrected chi connectivity index (χ1v) is 10.7. The molecule has 0 bridgehead atoms. The molecule has 1 saturated heterocycles. The molecule has 0 radical (unpaired) electrons. The van der Waals surface area contributed by atoms with Crippen LogP contribution in [-0.4, -0.2) is 69.1 Å². The topological polar surface area (TPSA) is 92.1 Å². The van der Waals surface area contributed by atoms with Crippen molar-refractivity contribution < 1.29 is 27.5 Å². The van der Waals surface area contributed by atoms with Gasteiger partial charge in [-0.2, -0.15) is 13.2 Å². The van der Waals surface area contributed by atoms with Crippen LogP contribution in [0.3, 0.4) is 0 Å². The molecule has 13 heteroatoms. The van der Waals surface area contributed by atoms with Crippen LogP contribution in [-0.2, 0) is 17.5 Å². The Morgan fingerprint density at radius 2 is 1.68 bits per heavy atom. The number of hydrogen-bond acceptors (Lipinski definition) is 5. The van der Waals surface area contributed by atoms with E-state index in [-0.39, 0.29) is 30.5 Å². The highest BCUT2D eigenvalue weighted by Crippen LogP contribution is 2.29. The molecule has 0 atom stereocenters. The van der Waals surface area contributed by atoms with E-state index in [0.29, 0.717) is 37.0 Å². The van der Waals surface area contributed by atoms with Crippen molar-refractivity contribution in [1.29, 1.82) is 0 Å². The van der Waals surface area contributed by atoms with Gasteiger partial charge in [-0.1, -0.05) is 11.6 Å². The van der Waals surface area contributed by atoms with Crippen LogP contribution in [0.25, 0.3) is 5.65 Å². The predicted molar refractivity (Wildman–Crippen MR) is 115 cm³/mol. The number of halogens is 4. The lowest BCUT2D eigenvalue weighted by Gasteiger charge is -2.34. The van der Waals surface area contributed by atoms with E-state index in [1.165, 1.54) is 15.4 Å². The zero-order valence-corrected chi connectivity index (χ0v) is 18.5. The molecule has 9 nitrogen and oxygen atoms in total. The standard InChI is InChI=1S/C21H20ClF3N6O3/c22-15-2-4-16(5-3-15)34-13-19(32)29-7-9-30(10-8-29)20(33)26-11-18-28-27-17-6-1-14(12-31(17)18)21(23,24)25/h1-6,12H,7-11,13H2,(H,26,33). The molecule has 2 aromatic heterocycles. The first-order valence-electron chi connectivity index (χ1n) is 10.3. The van der Waals surface area contributed by atoms with Crippen LogP contribution in [0.1, 0.15) is 11.4 Å². The Balaban J connectivity index is 1.26. The van der Waals surface area contributed by atoms with Crippen molar-refractivity contribution in [2.75, 3.05) is 32.8 Å². The van der Waals surface area contributed by atoms with Crippen LogP contribution in [0.4, 0.5) is 18.0 Å². The molecule has 180 valence electrons. The van der Waals surface area contributed by atoms with E-state index < -0.39 is 17.8 Å². The third-order valence-electron chi connectivity index (χ3n) is 5.29. The van der Waals surface area contributed by atoms with Crippen molar-refractivity contribution in [3.63, 3.8) is 0 Å².